The van der Waals surface area contributed by atoms with Crippen molar-refractivity contribution in [3.8, 4) is 5.75 Å². The summed E-state index contributed by atoms with van der Waals surface area (Å²) >= 11 is 0. The van der Waals surface area contributed by atoms with Crippen molar-refractivity contribution in [3.05, 3.63) is 71.0 Å². The van der Waals surface area contributed by atoms with Crippen LogP contribution < -0.4 is 10.1 Å². The molecule has 0 spiro atoms. The molecule has 0 fully saturated rings. The molecule has 0 atom stereocenters. The quantitative estimate of drug-likeness (QED) is 0.454. The summed E-state index contributed by atoms with van der Waals surface area (Å²) in [4.78, 5) is 12.4. The van der Waals surface area contributed by atoms with Crippen LogP contribution in [-0.4, -0.2) is 19.6 Å². The van der Waals surface area contributed by atoms with E-state index in [1.165, 1.54) is 5.56 Å². The predicted octanol–water partition coefficient (Wildman–Crippen LogP) is 5.21. The van der Waals surface area contributed by atoms with Crippen molar-refractivity contribution in [2.75, 3.05) is 13.7 Å². The van der Waals surface area contributed by atoms with Crippen LogP contribution >= 0.6 is 0 Å². The van der Waals surface area contributed by atoms with Crippen LogP contribution in [0.2, 0.25) is 0 Å². The second kappa shape index (κ2) is 8.79. The van der Waals surface area contributed by atoms with E-state index in [2.05, 4.69) is 17.4 Å². The third-order valence-electron chi connectivity index (χ3n) is 5.00. The zero-order valence-corrected chi connectivity index (χ0v) is 17.0. The molecule has 1 heterocycles. The number of rotatable bonds is 7. The highest BCUT2D eigenvalue weighted by Gasteiger charge is 2.16. The number of carbonyl (C=O) groups excluding carboxylic acids is 1. The number of benzene rings is 2. The summed E-state index contributed by atoms with van der Waals surface area (Å²) in [6.07, 6.45) is 5.25. The fraction of sp³-hybridized carbons (Fsp3) is 0.292. The van der Waals surface area contributed by atoms with Crippen LogP contribution in [0.25, 0.3) is 16.5 Å². The second-order valence-electron chi connectivity index (χ2n) is 7.09. The molecule has 0 aliphatic carbocycles. The summed E-state index contributed by atoms with van der Waals surface area (Å²) in [6.45, 7) is 6.57. The van der Waals surface area contributed by atoms with E-state index in [1.54, 1.807) is 19.4 Å². The number of hydrogen-bond donors (Lipinski definition) is 1. The number of aryl methyl sites for hydroxylation is 3. The first-order valence-electron chi connectivity index (χ1n) is 9.57. The van der Waals surface area contributed by atoms with Gasteiger partial charge < -0.3 is 14.5 Å². The van der Waals surface area contributed by atoms with E-state index in [0.717, 1.165) is 51.8 Å². The van der Waals surface area contributed by atoms with Gasteiger partial charge in [0.2, 0.25) is 5.91 Å². The number of carbonyl (C=O) groups is 1. The Morgan fingerprint density at radius 3 is 2.68 bits per heavy atom. The number of nitrogens with one attached hydrogen (secondary N) is 1. The highest BCUT2D eigenvalue weighted by Crippen LogP contribution is 2.37. The average molecular weight is 377 g/mol. The van der Waals surface area contributed by atoms with Crippen molar-refractivity contribution < 1.29 is 13.9 Å². The van der Waals surface area contributed by atoms with Crippen molar-refractivity contribution in [2.45, 2.75) is 33.6 Å². The number of methoxy groups -OCH3 is 1. The molecule has 0 unspecified atom stereocenters. The molecule has 28 heavy (non-hydrogen) atoms. The van der Waals surface area contributed by atoms with Crippen molar-refractivity contribution in [1.29, 1.82) is 0 Å². The van der Waals surface area contributed by atoms with Gasteiger partial charge in [0, 0.05) is 29.1 Å². The fourth-order valence-corrected chi connectivity index (χ4v) is 3.47. The number of fused-ring (bicyclic) bond motifs is 1. The molecule has 0 bridgehead atoms. The van der Waals surface area contributed by atoms with E-state index in [0.29, 0.717) is 6.54 Å². The van der Waals surface area contributed by atoms with Crippen LogP contribution in [0.4, 0.5) is 0 Å². The van der Waals surface area contributed by atoms with Crippen LogP contribution in [-0.2, 0) is 11.2 Å². The molecule has 2 aromatic carbocycles. The van der Waals surface area contributed by atoms with Gasteiger partial charge >= 0.3 is 0 Å². The van der Waals surface area contributed by atoms with E-state index < -0.39 is 0 Å². The Morgan fingerprint density at radius 2 is 1.96 bits per heavy atom. The van der Waals surface area contributed by atoms with E-state index in [4.69, 9.17) is 9.15 Å². The standard InChI is InChI=1S/C24H27NO3/c1-16(13-22(26)25-12-8-11-19-9-6-5-7-10-19)20-14-21-17(2)15-28-24(21)18(3)23(20)27-4/h5-7,9-10,13-15H,8,11-12H2,1-4H3,(H,25,26)/b16-13+. The number of amides is 1. The lowest BCUT2D eigenvalue weighted by Gasteiger charge is -2.13. The Morgan fingerprint density at radius 1 is 1.21 bits per heavy atom. The van der Waals surface area contributed by atoms with Gasteiger partial charge in [0.15, 0.2) is 0 Å². The topological polar surface area (TPSA) is 51.5 Å². The molecule has 0 aliphatic heterocycles. The monoisotopic (exact) mass is 377 g/mol. The molecule has 0 saturated carbocycles. The molecule has 3 aromatic rings. The van der Waals surface area contributed by atoms with E-state index in [1.807, 2.05) is 45.0 Å². The molecule has 1 amide bonds. The van der Waals surface area contributed by atoms with Crippen LogP contribution in [0, 0.1) is 13.8 Å². The maximum Gasteiger partial charge on any atom is 0.244 e. The SMILES string of the molecule is COc1c(/C(C)=C/C(=O)NCCCc2ccccc2)cc2c(C)coc2c1C. The third kappa shape index (κ3) is 4.28. The first-order valence-corrected chi connectivity index (χ1v) is 9.57. The fourth-order valence-electron chi connectivity index (χ4n) is 3.47. The Labute approximate surface area is 166 Å². The molecule has 4 nitrogen and oxygen atoms in total. The van der Waals surface area contributed by atoms with Crippen molar-refractivity contribution in [1.82, 2.24) is 5.32 Å². The minimum Gasteiger partial charge on any atom is -0.496 e. The van der Waals surface area contributed by atoms with Gasteiger partial charge in [-0.25, -0.2) is 0 Å². The average Bonchev–Trinajstić information content (AvgIpc) is 3.07. The molecular weight excluding hydrogens is 350 g/mol. The van der Waals surface area contributed by atoms with Gasteiger partial charge in [-0.1, -0.05) is 30.3 Å². The molecule has 1 N–H and O–H groups in total. The lowest BCUT2D eigenvalue weighted by Crippen LogP contribution is -2.22. The number of ether oxygens (including phenoxy) is 1. The summed E-state index contributed by atoms with van der Waals surface area (Å²) in [5, 5.41) is 4.02. The van der Waals surface area contributed by atoms with Gasteiger partial charge in [-0.05, 0) is 56.4 Å². The second-order valence-corrected chi connectivity index (χ2v) is 7.09. The Balaban J connectivity index is 1.70. The molecule has 0 saturated heterocycles. The minimum absolute atomic E-state index is 0.0886. The van der Waals surface area contributed by atoms with E-state index in [-0.39, 0.29) is 5.91 Å². The predicted molar refractivity (Wildman–Crippen MR) is 114 cm³/mol. The number of allylic oxidation sites excluding steroid dienone is 1. The lowest BCUT2D eigenvalue weighted by atomic mass is 9.98. The van der Waals surface area contributed by atoms with Gasteiger partial charge in [-0.3, -0.25) is 4.79 Å². The zero-order chi connectivity index (χ0) is 20.1. The van der Waals surface area contributed by atoms with Gasteiger partial charge in [0.1, 0.15) is 11.3 Å². The first-order chi connectivity index (χ1) is 13.5. The Bertz CT molecular complexity index is 1000. The van der Waals surface area contributed by atoms with Crippen LogP contribution in [0.5, 0.6) is 5.75 Å². The lowest BCUT2D eigenvalue weighted by molar-refractivity contribution is -0.116. The summed E-state index contributed by atoms with van der Waals surface area (Å²) < 4.78 is 11.3. The smallest absolute Gasteiger partial charge is 0.244 e. The van der Waals surface area contributed by atoms with Gasteiger partial charge in [-0.15, -0.1) is 0 Å². The summed E-state index contributed by atoms with van der Waals surface area (Å²) in [5.41, 5.74) is 5.91. The first kappa shape index (κ1) is 19.7. The molecular formula is C24H27NO3. The van der Waals surface area contributed by atoms with Crippen LogP contribution in [0.15, 0.2) is 53.2 Å². The molecule has 146 valence electrons. The van der Waals surface area contributed by atoms with E-state index >= 15 is 0 Å². The number of furan rings is 1. The number of hydrogen-bond acceptors (Lipinski definition) is 3. The zero-order valence-electron chi connectivity index (χ0n) is 17.0. The third-order valence-corrected chi connectivity index (χ3v) is 5.00. The maximum absolute atomic E-state index is 12.4. The maximum atomic E-state index is 12.4. The summed E-state index contributed by atoms with van der Waals surface area (Å²) in [6, 6.07) is 12.3. The normalized spacial score (nSPS) is 11.6. The molecule has 0 aliphatic rings. The highest BCUT2D eigenvalue weighted by molar-refractivity contribution is 5.98. The van der Waals surface area contributed by atoms with E-state index in [9.17, 15) is 4.79 Å². The van der Waals surface area contributed by atoms with Crippen molar-refractivity contribution >= 4 is 22.4 Å². The summed E-state index contributed by atoms with van der Waals surface area (Å²) in [7, 11) is 1.64. The molecule has 3 rings (SSSR count). The van der Waals surface area contributed by atoms with Gasteiger partial charge in [0.25, 0.3) is 0 Å². The van der Waals surface area contributed by atoms with Crippen LogP contribution in [0.1, 0.15) is 35.6 Å². The molecule has 1 aromatic heterocycles. The van der Waals surface area contributed by atoms with Crippen LogP contribution in [0.3, 0.4) is 0 Å². The highest BCUT2D eigenvalue weighted by atomic mass is 16.5. The van der Waals surface area contributed by atoms with Gasteiger partial charge in [0.05, 0.1) is 13.4 Å². The molecule has 4 heteroatoms. The minimum atomic E-state index is -0.0886. The van der Waals surface area contributed by atoms with Crippen molar-refractivity contribution in [3.63, 3.8) is 0 Å². The Kier molecular flexibility index (Phi) is 6.19. The molecule has 0 radical (unpaired) electrons. The van der Waals surface area contributed by atoms with Gasteiger partial charge in [-0.2, -0.15) is 0 Å². The van der Waals surface area contributed by atoms with Crippen molar-refractivity contribution in [2.24, 2.45) is 0 Å². The Hall–Kier alpha value is -3.01. The summed E-state index contributed by atoms with van der Waals surface area (Å²) in [5.74, 6) is 0.654. The largest absolute Gasteiger partial charge is 0.496 e.